The number of piperazine rings is 2. The zero-order valence-electron chi connectivity index (χ0n) is 52.7. The maximum absolute atomic E-state index is 13.6. The maximum Gasteiger partial charge on any atom is 0.410 e. The normalized spacial score (nSPS) is 26.9. The Kier molecular flexibility index (Phi) is 20.2. The van der Waals surface area contributed by atoms with Crippen LogP contribution in [0.5, 0.6) is 0 Å². The van der Waals surface area contributed by atoms with Gasteiger partial charge in [-0.05, 0) is 146 Å². The van der Waals surface area contributed by atoms with Gasteiger partial charge in [0.25, 0.3) is 0 Å². The Morgan fingerprint density at radius 2 is 0.828 bits per heavy atom. The van der Waals surface area contributed by atoms with Crippen molar-refractivity contribution in [2.45, 2.75) is 230 Å². The molecule has 2 aromatic carbocycles. The molecule has 0 spiro atoms. The SMILES string of the molecule is CC(C)(C)OC(=O)N1CC2CC(N)CC(C1)N2C(=O)OC(C)(C)C.CC(C)(C)OC(=O)N1CC2CC(NC(=O)[C@@H]3CC[C@@H]4CN3C(=O)N4OCc3ccccc3)CC(C1)N2C(=O)OC(C)(C)C.O=C(O)[C@@H]1CC[C@@H]2CN1C(=O)N2OCc1ccccc1. The molecular formula is C62H92N10O15. The molecule has 8 bridgehead atoms. The second-order valence-electron chi connectivity index (χ2n) is 27.9. The predicted molar refractivity (Wildman–Crippen MR) is 317 cm³/mol. The minimum atomic E-state index is -0.943. The van der Waals surface area contributed by atoms with E-state index in [2.05, 4.69) is 5.32 Å². The van der Waals surface area contributed by atoms with Crippen molar-refractivity contribution in [1.29, 1.82) is 0 Å². The highest BCUT2D eigenvalue weighted by Gasteiger charge is 2.52. The lowest BCUT2D eigenvalue weighted by Gasteiger charge is -2.51. The van der Waals surface area contributed by atoms with Crippen molar-refractivity contribution < 1.29 is 72.1 Å². The molecule has 2 aromatic rings. The number of fused-ring (bicyclic) bond motifs is 8. The van der Waals surface area contributed by atoms with E-state index in [0.717, 1.165) is 11.1 Å². The van der Waals surface area contributed by atoms with E-state index in [0.29, 0.717) is 84.2 Å². The summed E-state index contributed by atoms with van der Waals surface area (Å²) in [7, 11) is 0. The summed E-state index contributed by atoms with van der Waals surface area (Å²) in [4.78, 5) is 123. The predicted octanol–water partition coefficient (Wildman–Crippen LogP) is 7.69. The monoisotopic (exact) mass is 1220 g/mol. The second-order valence-corrected chi connectivity index (χ2v) is 27.9. The van der Waals surface area contributed by atoms with E-state index < -0.39 is 52.6 Å². The van der Waals surface area contributed by atoms with Gasteiger partial charge in [-0.25, -0.2) is 33.6 Å². The summed E-state index contributed by atoms with van der Waals surface area (Å²) in [5.41, 5.74) is 5.68. The average Bonchev–Trinajstić information content (AvgIpc) is 1.76. The molecule has 0 aliphatic carbocycles. The molecule has 0 saturated carbocycles. The molecule has 8 atom stereocenters. The molecule has 25 heteroatoms. The molecule has 8 fully saturated rings. The van der Waals surface area contributed by atoms with Crippen LogP contribution in [0.2, 0.25) is 0 Å². The lowest BCUT2D eigenvalue weighted by molar-refractivity contribution is -0.143. The van der Waals surface area contributed by atoms with Crippen molar-refractivity contribution in [3.63, 3.8) is 0 Å². The number of piperidine rings is 4. The maximum atomic E-state index is 13.6. The highest BCUT2D eigenvalue weighted by molar-refractivity contribution is 5.89. The molecule has 10 rings (SSSR count). The molecule has 87 heavy (non-hydrogen) atoms. The third kappa shape index (κ3) is 17.1. The molecule has 25 nitrogen and oxygen atoms in total. The topological polar surface area (TPSA) is 276 Å². The fourth-order valence-corrected chi connectivity index (χ4v) is 12.6. The molecule has 0 aromatic heterocycles. The van der Waals surface area contributed by atoms with Gasteiger partial charge in [0.2, 0.25) is 5.91 Å². The minimum absolute atomic E-state index is 0.0400. The number of nitrogens with one attached hydrogen (secondary N) is 1. The Balaban J connectivity index is 0.000000187. The van der Waals surface area contributed by atoms with Crippen LogP contribution in [-0.2, 0) is 51.4 Å². The quantitative estimate of drug-likeness (QED) is 0.203. The number of nitrogens with zero attached hydrogens (tertiary/aromatic N) is 8. The number of hydrogen-bond donors (Lipinski definition) is 3. The Morgan fingerprint density at radius 3 is 1.20 bits per heavy atom. The molecule has 4 N–H and O–H groups in total. The molecule has 8 aliphatic heterocycles. The van der Waals surface area contributed by atoms with Gasteiger partial charge in [0.1, 0.15) is 47.7 Å². The Morgan fingerprint density at radius 1 is 0.483 bits per heavy atom. The van der Waals surface area contributed by atoms with Gasteiger partial charge in [-0.15, -0.1) is 0 Å². The highest BCUT2D eigenvalue weighted by Crippen LogP contribution is 2.36. The number of hydroxylamine groups is 4. The number of aliphatic carboxylic acids is 1. The van der Waals surface area contributed by atoms with Crippen molar-refractivity contribution in [3.05, 3.63) is 71.8 Å². The van der Waals surface area contributed by atoms with Gasteiger partial charge in [-0.3, -0.25) is 24.3 Å². The van der Waals surface area contributed by atoms with Gasteiger partial charge >= 0.3 is 42.4 Å². The van der Waals surface area contributed by atoms with Crippen LogP contribution in [0, 0.1) is 0 Å². The van der Waals surface area contributed by atoms with E-state index in [1.807, 2.05) is 144 Å². The summed E-state index contributed by atoms with van der Waals surface area (Å²) in [6.45, 7) is 24.9. The summed E-state index contributed by atoms with van der Waals surface area (Å²) in [6.07, 6.45) is 3.09. The number of carboxylic acid groups (broad SMARTS) is 1. The Bertz CT molecular complexity index is 2750. The van der Waals surface area contributed by atoms with Crippen molar-refractivity contribution in [3.8, 4) is 0 Å². The van der Waals surface area contributed by atoms with Crippen molar-refractivity contribution in [2.75, 3.05) is 39.3 Å². The Hall–Kier alpha value is -7.12. The first-order valence-electron chi connectivity index (χ1n) is 30.5. The first kappa shape index (κ1) is 65.8. The van der Waals surface area contributed by atoms with E-state index >= 15 is 0 Å². The zero-order valence-corrected chi connectivity index (χ0v) is 52.7. The Labute approximate surface area is 510 Å². The van der Waals surface area contributed by atoms with Crippen LogP contribution in [0.3, 0.4) is 0 Å². The second kappa shape index (κ2) is 26.7. The molecule has 4 unspecified atom stereocenters. The first-order chi connectivity index (χ1) is 40.7. The van der Waals surface area contributed by atoms with E-state index in [9.17, 15) is 38.4 Å². The number of amides is 9. The molecular weight excluding hydrogens is 1120 g/mol. The number of carbonyl (C=O) groups excluding carboxylic acids is 7. The van der Waals surface area contributed by atoms with Gasteiger partial charge in [0, 0.05) is 51.4 Å². The van der Waals surface area contributed by atoms with Gasteiger partial charge in [0.05, 0.1) is 36.3 Å². The molecule has 0 radical (unpaired) electrons. The van der Waals surface area contributed by atoms with Gasteiger partial charge in [0.15, 0.2) is 0 Å². The summed E-state index contributed by atoms with van der Waals surface area (Å²) in [5, 5.41) is 15.1. The first-order valence-corrected chi connectivity index (χ1v) is 30.5. The largest absolute Gasteiger partial charge is 0.480 e. The van der Waals surface area contributed by atoms with Crippen molar-refractivity contribution in [2.24, 2.45) is 5.73 Å². The number of hydrogen-bond acceptors (Lipinski definition) is 15. The number of rotatable bonds is 9. The van der Waals surface area contributed by atoms with Crippen LogP contribution < -0.4 is 11.1 Å². The summed E-state index contributed by atoms with van der Waals surface area (Å²) >= 11 is 0. The summed E-state index contributed by atoms with van der Waals surface area (Å²) in [6, 6.07) is 16.0. The van der Waals surface area contributed by atoms with E-state index in [4.69, 9.17) is 39.5 Å². The highest BCUT2D eigenvalue weighted by atomic mass is 16.7. The number of ether oxygens (including phenoxy) is 4. The summed E-state index contributed by atoms with van der Waals surface area (Å²) in [5.74, 6) is -1.14. The average molecular weight is 1220 g/mol. The van der Waals surface area contributed by atoms with Crippen LogP contribution >= 0.6 is 0 Å². The third-order valence-electron chi connectivity index (χ3n) is 16.1. The summed E-state index contributed by atoms with van der Waals surface area (Å²) < 4.78 is 22.3. The van der Waals surface area contributed by atoms with E-state index in [-0.39, 0.29) is 98.2 Å². The minimum Gasteiger partial charge on any atom is -0.480 e. The van der Waals surface area contributed by atoms with Crippen LogP contribution in [0.15, 0.2) is 60.7 Å². The smallest absolute Gasteiger partial charge is 0.410 e. The molecule has 8 saturated heterocycles. The fraction of sp³-hybridized carbons (Fsp3) is 0.677. The molecule has 8 heterocycles. The van der Waals surface area contributed by atoms with E-state index in [1.165, 1.54) is 15.0 Å². The van der Waals surface area contributed by atoms with Crippen molar-refractivity contribution >= 4 is 48.3 Å². The van der Waals surface area contributed by atoms with Crippen LogP contribution in [0.25, 0.3) is 0 Å². The molecule has 8 aliphatic rings. The lowest BCUT2D eigenvalue weighted by atomic mass is 9.87. The number of carboxylic acids is 1. The van der Waals surface area contributed by atoms with E-state index in [1.54, 1.807) is 24.5 Å². The fourth-order valence-electron chi connectivity index (χ4n) is 12.6. The van der Waals surface area contributed by atoms with Gasteiger partial charge in [-0.1, -0.05) is 60.7 Å². The van der Waals surface area contributed by atoms with Crippen LogP contribution in [0.1, 0.15) is 146 Å². The van der Waals surface area contributed by atoms with Crippen LogP contribution in [-0.4, -0.2) is 215 Å². The lowest BCUT2D eigenvalue weighted by Crippen LogP contribution is -2.68. The molecule has 480 valence electrons. The third-order valence-corrected chi connectivity index (χ3v) is 16.1. The number of benzene rings is 2. The van der Waals surface area contributed by atoms with Crippen LogP contribution in [0.4, 0.5) is 28.8 Å². The molecule has 9 amide bonds. The van der Waals surface area contributed by atoms with Crippen molar-refractivity contribution in [1.82, 2.24) is 44.8 Å². The van der Waals surface area contributed by atoms with Gasteiger partial charge in [-0.2, -0.15) is 10.1 Å². The standard InChI is InChI=1S/C31H45N5O7.C17H31N3O4.C14H16N2O4/c1-30(2,3)42-28(39)33-16-23-14-21(15-24(17-33)35(23)29(40)43-31(4,5)6)32-26(37)25-13-12-22-18-34(25)27(38)36(22)41-19-20-10-8-7-9-11-20;1-16(2,3)23-14(21)19-9-12-7-11(18)8-13(10-19)20(12)15(22)24-17(4,5)6;17-13(18)12-7-6-11-8-15(12)14(19)16(11)20-9-10-4-2-1-3-5-10/h7-11,21-25H,12-19H2,1-6H3,(H,32,37);11-13H,7-10,18H2,1-6H3;1-5,11-12H,6-9H2,(H,17,18)/t21?,22-,23?,24?,25+;;11-,12+/m1.1/s1. The number of likely N-dealkylation sites (tertiary alicyclic amines) is 2. The number of nitrogens with two attached hydrogens (primary N) is 1. The number of urea groups is 2. The van der Waals surface area contributed by atoms with Gasteiger partial charge < -0.3 is 54.7 Å². The zero-order chi connectivity index (χ0) is 63.5. The number of carbonyl (C=O) groups is 8.